The van der Waals surface area contributed by atoms with Crippen LogP contribution in [0.2, 0.25) is 0 Å². The van der Waals surface area contributed by atoms with Crippen LogP contribution in [0, 0.1) is 11.6 Å². The Hall–Kier alpha value is -4.99. The lowest BCUT2D eigenvalue weighted by atomic mass is 9.93. The molecule has 1 aromatic heterocycles. The molecule has 0 radical (unpaired) electrons. The van der Waals surface area contributed by atoms with Crippen molar-refractivity contribution in [1.29, 1.82) is 0 Å². The number of anilines is 2. The quantitative estimate of drug-likeness (QED) is 0.210. The lowest BCUT2D eigenvalue weighted by molar-refractivity contribution is 0.0659. The van der Waals surface area contributed by atoms with Gasteiger partial charge in [0.1, 0.15) is 17.4 Å². The predicted molar refractivity (Wildman–Crippen MR) is 179 cm³/mol. The SMILES string of the molecule is C[C@@H]1Cc2ccccc2CN1C(=O)c1ccc(F)cc1-c1cc(C(=O)N(c2ccc(O)cc2)c2ccc(F)cc2)c2n1CCNC2.Cl. The number of carbonyl (C=O) groups is 2. The predicted octanol–water partition coefficient (Wildman–Crippen LogP) is 7.23. The number of phenols is 1. The monoisotopic (exact) mass is 654 g/mol. The summed E-state index contributed by atoms with van der Waals surface area (Å²) in [6.07, 6.45) is 0.722. The van der Waals surface area contributed by atoms with Gasteiger partial charge in [0.2, 0.25) is 0 Å². The van der Waals surface area contributed by atoms with E-state index >= 15 is 0 Å². The van der Waals surface area contributed by atoms with E-state index in [0.29, 0.717) is 65.6 Å². The summed E-state index contributed by atoms with van der Waals surface area (Å²) in [5.41, 5.74) is 5.61. The number of carbonyl (C=O) groups excluding carboxylic acids is 2. The van der Waals surface area contributed by atoms with Crippen LogP contribution < -0.4 is 10.2 Å². The highest BCUT2D eigenvalue weighted by Gasteiger charge is 2.32. The summed E-state index contributed by atoms with van der Waals surface area (Å²) < 4.78 is 30.9. The molecule has 0 bridgehead atoms. The summed E-state index contributed by atoms with van der Waals surface area (Å²) in [7, 11) is 0. The molecule has 240 valence electrons. The van der Waals surface area contributed by atoms with Gasteiger partial charge in [0.25, 0.3) is 11.8 Å². The molecule has 7 nitrogen and oxygen atoms in total. The number of phenolic OH excluding ortho intramolecular Hbond substituents is 1. The molecule has 7 rings (SSSR count). The smallest absolute Gasteiger partial charge is 0.264 e. The van der Waals surface area contributed by atoms with Crippen molar-refractivity contribution in [2.45, 2.75) is 39.0 Å². The van der Waals surface area contributed by atoms with Crippen molar-refractivity contribution in [3.63, 3.8) is 0 Å². The van der Waals surface area contributed by atoms with Crippen molar-refractivity contribution in [2.24, 2.45) is 0 Å². The van der Waals surface area contributed by atoms with Crippen molar-refractivity contribution in [1.82, 2.24) is 14.8 Å². The Morgan fingerprint density at radius 3 is 2.23 bits per heavy atom. The van der Waals surface area contributed by atoms with E-state index < -0.39 is 11.6 Å². The molecule has 2 N–H and O–H groups in total. The average molecular weight is 655 g/mol. The fourth-order valence-electron chi connectivity index (χ4n) is 6.56. The Kier molecular flexibility index (Phi) is 8.86. The summed E-state index contributed by atoms with van der Waals surface area (Å²) in [6.45, 7) is 3.98. The largest absolute Gasteiger partial charge is 0.508 e. The molecule has 2 aliphatic heterocycles. The van der Waals surface area contributed by atoms with E-state index in [2.05, 4.69) is 11.4 Å². The Bertz CT molecular complexity index is 1910. The zero-order valence-corrected chi connectivity index (χ0v) is 26.4. The zero-order valence-electron chi connectivity index (χ0n) is 25.6. The van der Waals surface area contributed by atoms with Crippen LogP contribution in [0.3, 0.4) is 0 Å². The van der Waals surface area contributed by atoms with Crippen molar-refractivity contribution >= 4 is 35.6 Å². The lowest BCUT2D eigenvalue weighted by Crippen LogP contribution is -2.42. The van der Waals surface area contributed by atoms with Crippen LogP contribution in [0.4, 0.5) is 20.2 Å². The third kappa shape index (κ3) is 6.00. The molecule has 0 unspecified atom stereocenters. The molecule has 0 saturated carbocycles. The van der Waals surface area contributed by atoms with E-state index in [1.54, 1.807) is 18.2 Å². The fourth-order valence-corrected chi connectivity index (χ4v) is 6.56. The third-order valence-electron chi connectivity index (χ3n) is 8.89. The van der Waals surface area contributed by atoms with Crippen molar-refractivity contribution in [3.05, 3.63) is 137 Å². The molecule has 0 saturated heterocycles. The highest BCUT2D eigenvalue weighted by molar-refractivity contribution is 6.12. The van der Waals surface area contributed by atoms with Crippen LogP contribution in [0.1, 0.15) is 44.5 Å². The highest BCUT2D eigenvalue weighted by atomic mass is 35.5. The Labute approximate surface area is 277 Å². The topological polar surface area (TPSA) is 77.8 Å². The van der Waals surface area contributed by atoms with Crippen LogP contribution >= 0.6 is 12.4 Å². The first-order valence-electron chi connectivity index (χ1n) is 15.3. The Balaban J connectivity index is 0.00000386. The fraction of sp³-hybridized carbons (Fsp3) is 0.189. The maximum atomic E-state index is 15.0. The van der Waals surface area contributed by atoms with Gasteiger partial charge < -0.3 is 19.9 Å². The van der Waals surface area contributed by atoms with Crippen molar-refractivity contribution in [2.75, 3.05) is 11.4 Å². The van der Waals surface area contributed by atoms with Gasteiger partial charge in [0.15, 0.2) is 0 Å². The number of amides is 2. The number of nitrogens with zero attached hydrogens (tertiary/aromatic N) is 3. The maximum Gasteiger partial charge on any atom is 0.264 e. The van der Waals surface area contributed by atoms with Gasteiger partial charge in [0.05, 0.1) is 11.3 Å². The van der Waals surface area contributed by atoms with Gasteiger partial charge >= 0.3 is 0 Å². The molecule has 2 amide bonds. The number of hydrogen-bond acceptors (Lipinski definition) is 4. The van der Waals surface area contributed by atoms with E-state index in [4.69, 9.17) is 0 Å². The normalized spacial score (nSPS) is 15.3. The molecule has 5 aromatic rings. The number of rotatable bonds is 5. The van der Waals surface area contributed by atoms with E-state index in [-0.39, 0.29) is 36.0 Å². The van der Waals surface area contributed by atoms with Gasteiger partial charge in [-0.05, 0) is 97.3 Å². The van der Waals surface area contributed by atoms with Crippen LogP contribution in [0.5, 0.6) is 5.75 Å². The number of aromatic hydroxyl groups is 1. The summed E-state index contributed by atoms with van der Waals surface area (Å²) >= 11 is 0. The van der Waals surface area contributed by atoms with Crippen LogP contribution in [0.25, 0.3) is 11.3 Å². The van der Waals surface area contributed by atoms with E-state index in [0.717, 1.165) is 12.0 Å². The number of hydrogen-bond donors (Lipinski definition) is 2. The van der Waals surface area contributed by atoms with Crippen LogP contribution in [-0.2, 0) is 26.1 Å². The molecular formula is C37H33ClF2N4O3. The van der Waals surface area contributed by atoms with Gasteiger partial charge in [0, 0.05) is 60.4 Å². The van der Waals surface area contributed by atoms with Gasteiger partial charge in [-0.3, -0.25) is 14.5 Å². The summed E-state index contributed by atoms with van der Waals surface area (Å²) in [4.78, 5) is 32.0. The van der Waals surface area contributed by atoms with Gasteiger partial charge in [-0.2, -0.15) is 0 Å². The second kappa shape index (κ2) is 13.0. The molecule has 10 heteroatoms. The standard InChI is InChI=1S/C37H32F2N4O3.ClH/c1-23-18-24-4-2-3-5-25(24)22-42(23)36(45)31-15-8-27(39)19-32(31)34-20-33(35-21-40-16-17-41(34)35)37(46)43(28-9-6-26(38)7-10-28)29-11-13-30(44)14-12-29;/h2-15,19-20,23,40,44H,16-18,21-22H2,1H3;1H/t23-;/m1./s1. The van der Waals surface area contributed by atoms with Crippen molar-refractivity contribution < 1.29 is 23.5 Å². The van der Waals surface area contributed by atoms with Gasteiger partial charge in [-0.25, -0.2) is 8.78 Å². The average Bonchev–Trinajstić information content (AvgIpc) is 3.45. The molecule has 2 aliphatic rings. The summed E-state index contributed by atoms with van der Waals surface area (Å²) in [5, 5.41) is 13.2. The second-order valence-electron chi connectivity index (χ2n) is 11.8. The minimum Gasteiger partial charge on any atom is -0.508 e. The Morgan fingerprint density at radius 1 is 0.851 bits per heavy atom. The summed E-state index contributed by atoms with van der Waals surface area (Å²) in [6, 6.07) is 25.7. The van der Waals surface area contributed by atoms with E-state index in [1.807, 2.05) is 34.6 Å². The lowest BCUT2D eigenvalue weighted by Gasteiger charge is -2.35. The zero-order chi connectivity index (χ0) is 31.9. The molecule has 1 atom stereocenters. The molecule has 0 fully saturated rings. The van der Waals surface area contributed by atoms with Crippen LogP contribution in [-0.4, -0.2) is 39.0 Å². The first-order valence-corrected chi connectivity index (χ1v) is 15.3. The van der Waals surface area contributed by atoms with Crippen molar-refractivity contribution in [3.8, 4) is 17.0 Å². The highest BCUT2D eigenvalue weighted by Crippen LogP contribution is 2.36. The molecule has 0 spiro atoms. The Morgan fingerprint density at radius 2 is 1.51 bits per heavy atom. The molecule has 3 heterocycles. The summed E-state index contributed by atoms with van der Waals surface area (Å²) in [5.74, 6) is -1.48. The second-order valence-corrected chi connectivity index (χ2v) is 11.8. The molecule has 0 aliphatic carbocycles. The molecule has 4 aromatic carbocycles. The third-order valence-corrected chi connectivity index (χ3v) is 8.89. The van der Waals surface area contributed by atoms with Crippen LogP contribution in [0.15, 0.2) is 97.1 Å². The minimum absolute atomic E-state index is 0. The number of fused-ring (bicyclic) bond motifs is 2. The number of nitrogens with one attached hydrogen (secondary N) is 1. The first-order chi connectivity index (χ1) is 22.3. The number of halogens is 3. The first kappa shape index (κ1) is 32.0. The maximum absolute atomic E-state index is 15.0. The molecular weight excluding hydrogens is 622 g/mol. The van der Waals surface area contributed by atoms with E-state index in [1.165, 1.54) is 65.1 Å². The molecule has 47 heavy (non-hydrogen) atoms. The van der Waals surface area contributed by atoms with Gasteiger partial charge in [-0.1, -0.05) is 24.3 Å². The van der Waals surface area contributed by atoms with E-state index in [9.17, 15) is 23.5 Å². The number of benzene rings is 4. The van der Waals surface area contributed by atoms with Gasteiger partial charge in [-0.15, -0.1) is 12.4 Å². The minimum atomic E-state index is -0.488. The number of aromatic nitrogens is 1.